The lowest BCUT2D eigenvalue weighted by Crippen LogP contribution is -2.16. The number of halogens is 3. The Balaban J connectivity index is 0.000000300. The van der Waals surface area contributed by atoms with Gasteiger partial charge in [-0.1, -0.05) is 12.1 Å². The number of nitrogens with zero attached hydrogens (tertiary/aromatic N) is 2. The number of carbonyl (C=O) groups is 2. The first-order valence-corrected chi connectivity index (χ1v) is 8.12. The van der Waals surface area contributed by atoms with Gasteiger partial charge in [-0.25, -0.2) is 9.59 Å². The first-order valence-electron chi connectivity index (χ1n) is 8.12. The normalized spacial score (nSPS) is 13.4. The molecule has 0 spiro atoms. The minimum Gasteiger partial charge on any atom is -0.478 e. The number of aromatic nitrogens is 1. The van der Waals surface area contributed by atoms with Crippen molar-refractivity contribution in [3.05, 3.63) is 59.8 Å². The summed E-state index contributed by atoms with van der Waals surface area (Å²) in [5, 5.41) is 15.6. The predicted molar refractivity (Wildman–Crippen MR) is 96.4 cm³/mol. The zero-order valence-electron chi connectivity index (χ0n) is 14.8. The number of aliphatic imine (C=N–C) groups is 1. The van der Waals surface area contributed by atoms with Gasteiger partial charge in [0.25, 0.3) is 0 Å². The van der Waals surface area contributed by atoms with E-state index in [-0.39, 0.29) is 0 Å². The molecule has 2 heterocycles. The van der Waals surface area contributed by atoms with Gasteiger partial charge in [-0.05, 0) is 36.8 Å². The zero-order valence-corrected chi connectivity index (χ0v) is 14.8. The van der Waals surface area contributed by atoms with E-state index < -0.39 is 23.7 Å². The van der Waals surface area contributed by atoms with Crippen molar-refractivity contribution in [1.82, 2.24) is 4.57 Å². The monoisotopic (exact) mass is 394 g/mol. The topological polar surface area (TPSA) is 91.9 Å². The van der Waals surface area contributed by atoms with E-state index in [2.05, 4.69) is 9.56 Å². The molecule has 0 bridgehead atoms. The second kappa shape index (κ2) is 8.55. The molecular weight excluding hydrogens is 377 g/mol. The second-order valence-corrected chi connectivity index (χ2v) is 5.81. The Bertz CT molecular complexity index is 910. The van der Waals surface area contributed by atoms with Gasteiger partial charge in [0.1, 0.15) is 0 Å². The summed E-state index contributed by atoms with van der Waals surface area (Å²) in [4.78, 5) is 23.5. The molecule has 28 heavy (non-hydrogen) atoms. The highest BCUT2D eigenvalue weighted by molar-refractivity contribution is 5.98. The summed E-state index contributed by atoms with van der Waals surface area (Å²) in [5.41, 5.74) is 3.10. The maximum absolute atomic E-state index is 12.6. The SMILES string of the molecule is CC1=NCCn2c1ccc2-c1ccc(C(F)(F)F)cc1.O=C(O)C=CC(=O)O. The molecule has 0 aliphatic carbocycles. The van der Waals surface area contributed by atoms with E-state index in [0.717, 1.165) is 41.3 Å². The molecule has 9 heteroatoms. The number of hydrogen-bond donors (Lipinski definition) is 2. The van der Waals surface area contributed by atoms with E-state index in [1.54, 1.807) is 0 Å². The fraction of sp³-hybridized carbons (Fsp3) is 0.211. The average molecular weight is 394 g/mol. The highest BCUT2D eigenvalue weighted by Crippen LogP contribution is 2.31. The maximum Gasteiger partial charge on any atom is 0.416 e. The molecule has 6 nitrogen and oxygen atoms in total. The van der Waals surface area contributed by atoms with Gasteiger partial charge in [-0.2, -0.15) is 13.2 Å². The lowest BCUT2D eigenvalue weighted by molar-refractivity contribution is -0.137. The van der Waals surface area contributed by atoms with Crippen LogP contribution in [-0.4, -0.2) is 39.0 Å². The lowest BCUT2D eigenvalue weighted by atomic mass is 10.1. The van der Waals surface area contributed by atoms with Crippen LogP contribution >= 0.6 is 0 Å². The van der Waals surface area contributed by atoms with Crippen LogP contribution in [0.5, 0.6) is 0 Å². The standard InChI is InChI=1S/C15H13F3N2.C4H4O4/c1-10-13-6-7-14(20(13)9-8-19-10)11-2-4-12(5-3-11)15(16,17)18;5-3(6)1-2-4(7)8/h2-7H,8-9H2,1H3;1-2H,(H,5,6)(H,7,8). The van der Waals surface area contributed by atoms with Crippen molar-refractivity contribution >= 4 is 17.7 Å². The summed E-state index contributed by atoms with van der Waals surface area (Å²) >= 11 is 0. The molecule has 3 rings (SSSR count). The number of aliphatic carboxylic acids is 2. The Hall–Kier alpha value is -3.36. The van der Waals surface area contributed by atoms with Crippen molar-refractivity contribution < 1.29 is 33.0 Å². The van der Waals surface area contributed by atoms with Crippen LogP contribution in [0.4, 0.5) is 13.2 Å². The first-order chi connectivity index (χ1) is 13.1. The predicted octanol–water partition coefficient (Wildman–Crippen LogP) is 3.71. The maximum atomic E-state index is 12.6. The van der Waals surface area contributed by atoms with Crippen LogP contribution in [0.15, 0.2) is 53.5 Å². The molecule has 1 aromatic heterocycles. The van der Waals surface area contributed by atoms with Crippen LogP contribution in [-0.2, 0) is 22.3 Å². The quantitative estimate of drug-likeness (QED) is 0.777. The average Bonchev–Trinajstić information content (AvgIpc) is 3.05. The van der Waals surface area contributed by atoms with Crippen LogP contribution in [0.25, 0.3) is 11.3 Å². The summed E-state index contributed by atoms with van der Waals surface area (Å²) in [6.07, 6.45) is -3.18. The van der Waals surface area contributed by atoms with E-state index in [9.17, 15) is 22.8 Å². The Morgan fingerprint density at radius 3 is 2.04 bits per heavy atom. The first kappa shape index (κ1) is 20.9. The highest BCUT2D eigenvalue weighted by atomic mass is 19.4. The summed E-state index contributed by atoms with van der Waals surface area (Å²) in [7, 11) is 0. The van der Waals surface area contributed by atoms with E-state index >= 15 is 0 Å². The van der Waals surface area contributed by atoms with Gasteiger partial charge >= 0.3 is 18.1 Å². The Labute approximate surface area is 158 Å². The Morgan fingerprint density at radius 1 is 1.00 bits per heavy atom. The molecule has 1 aliphatic heterocycles. The van der Waals surface area contributed by atoms with E-state index in [1.165, 1.54) is 12.1 Å². The van der Waals surface area contributed by atoms with Gasteiger partial charge in [0.15, 0.2) is 0 Å². The van der Waals surface area contributed by atoms with Crippen molar-refractivity contribution in [2.75, 3.05) is 6.54 Å². The smallest absolute Gasteiger partial charge is 0.416 e. The molecule has 0 amide bonds. The molecular formula is C19H17F3N2O4. The zero-order chi connectivity index (χ0) is 20.9. The highest BCUT2D eigenvalue weighted by Gasteiger charge is 2.30. The fourth-order valence-corrected chi connectivity index (χ4v) is 2.65. The molecule has 148 valence electrons. The molecule has 0 saturated heterocycles. The van der Waals surface area contributed by atoms with Crippen molar-refractivity contribution in [2.45, 2.75) is 19.6 Å². The van der Waals surface area contributed by atoms with Crippen molar-refractivity contribution in [2.24, 2.45) is 4.99 Å². The molecule has 1 aliphatic rings. The Kier molecular flexibility index (Phi) is 6.40. The van der Waals surface area contributed by atoms with Gasteiger partial charge in [0.2, 0.25) is 0 Å². The van der Waals surface area contributed by atoms with Crippen LogP contribution in [0.2, 0.25) is 0 Å². The number of carboxylic acids is 2. The Morgan fingerprint density at radius 2 is 1.54 bits per heavy atom. The third-order valence-corrected chi connectivity index (χ3v) is 3.90. The minimum absolute atomic E-state index is 0.558. The van der Waals surface area contributed by atoms with E-state index in [1.807, 2.05) is 19.1 Å². The van der Waals surface area contributed by atoms with Gasteiger partial charge in [0, 0.05) is 24.4 Å². The summed E-state index contributed by atoms with van der Waals surface area (Å²) in [5.74, 6) is -2.51. The number of fused-ring (bicyclic) bond motifs is 1. The molecule has 0 fully saturated rings. The van der Waals surface area contributed by atoms with E-state index in [4.69, 9.17) is 10.2 Å². The summed E-state index contributed by atoms with van der Waals surface area (Å²) in [6.45, 7) is 3.42. The van der Waals surface area contributed by atoms with E-state index in [0.29, 0.717) is 18.7 Å². The van der Waals surface area contributed by atoms with Gasteiger partial charge in [-0.3, -0.25) is 4.99 Å². The molecule has 1 aromatic carbocycles. The number of alkyl halides is 3. The van der Waals surface area contributed by atoms with Crippen molar-refractivity contribution in [3.63, 3.8) is 0 Å². The third-order valence-electron chi connectivity index (χ3n) is 3.90. The third kappa shape index (κ3) is 5.32. The molecule has 0 atom stereocenters. The van der Waals surface area contributed by atoms with Crippen LogP contribution in [0, 0.1) is 0 Å². The molecule has 2 aromatic rings. The largest absolute Gasteiger partial charge is 0.478 e. The van der Waals surface area contributed by atoms with Crippen molar-refractivity contribution in [1.29, 1.82) is 0 Å². The molecule has 2 N–H and O–H groups in total. The number of benzene rings is 1. The van der Waals surface area contributed by atoms with Gasteiger partial charge in [-0.15, -0.1) is 0 Å². The minimum atomic E-state index is -4.29. The number of carboxylic acid groups (broad SMARTS) is 2. The number of rotatable bonds is 3. The molecule has 0 radical (unpaired) electrons. The molecule has 0 unspecified atom stereocenters. The molecule has 0 saturated carbocycles. The second-order valence-electron chi connectivity index (χ2n) is 5.81. The van der Waals surface area contributed by atoms with Crippen molar-refractivity contribution in [3.8, 4) is 11.3 Å². The summed E-state index contributed by atoms with van der Waals surface area (Å²) in [6, 6.07) is 9.18. The summed E-state index contributed by atoms with van der Waals surface area (Å²) < 4.78 is 39.8. The van der Waals surface area contributed by atoms with Crippen LogP contribution in [0.1, 0.15) is 18.2 Å². The number of hydrogen-bond acceptors (Lipinski definition) is 3. The fourth-order valence-electron chi connectivity index (χ4n) is 2.65. The van der Waals surface area contributed by atoms with Gasteiger partial charge in [0.05, 0.1) is 23.5 Å². The lowest BCUT2D eigenvalue weighted by Gasteiger charge is -2.17. The van der Waals surface area contributed by atoms with Gasteiger partial charge < -0.3 is 14.8 Å². The van der Waals surface area contributed by atoms with Crippen LogP contribution < -0.4 is 0 Å². The van der Waals surface area contributed by atoms with Crippen LogP contribution in [0.3, 0.4) is 0 Å².